The van der Waals surface area contributed by atoms with Crippen molar-refractivity contribution in [3.63, 3.8) is 0 Å². The molecule has 78 valence electrons. The lowest BCUT2D eigenvalue weighted by atomic mass is 9.90. The summed E-state index contributed by atoms with van der Waals surface area (Å²) in [6, 6.07) is 0. The lowest BCUT2D eigenvalue weighted by Gasteiger charge is -2.13. The first kappa shape index (κ1) is 9.76. The predicted octanol–water partition coefficient (Wildman–Crippen LogP) is 0.143. The molecule has 1 unspecified atom stereocenters. The maximum Gasteiger partial charge on any atom is 0.331 e. The second kappa shape index (κ2) is 2.85. The molecule has 0 amide bonds. The topological polar surface area (TPSA) is 83.8 Å². The molecular weight excluding hydrogens is 198 g/mol. The molecule has 1 heterocycles. The van der Waals surface area contributed by atoms with Crippen molar-refractivity contribution >= 4 is 23.2 Å². The van der Waals surface area contributed by atoms with E-state index in [1.807, 2.05) is 0 Å². The van der Waals surface area contributed by atoms with Crippen LogP contribution >= 0.6 is 0 Å². The third-order valence-corrected chi connectivity index (χ3v) is 2.66. The van der Waals surface area contributed by atoms with E-state index in [1.54, 1.807) is 0 Å². The summed E-state index contributed by atoms with van der Waals surface area (Å²) in [6.07, 6.45) is 1.34. The van der Waals surface area contributed by atoms with Gasteiger partial charge in [0.2, 0.25) is 11.6 Å². The zero-order valence-electron chi connectivity index (χ0n) is 8.11. The van der Waals surface area contributed by atoms with Gasteiger partial charge >= 0.3 is 5.97 Å². The molecule has 0 fully saturated rings. The van der Waals surface area contributed by atoms with Crippen molar-refractivity contribution in [3.8, 4) is 0 Å². The molecule has 5 heteroatoms. The van der Waals surface area contributed by atoms with Crippen LogP contribution in [0.15, 0.2) is 16.6 Å². The standard InChI is InChI=1S/C10H9NO4/c1-10(9(14)15)4-5-2-7(12)8(13)3-6(5)11-10/h2H,3-4H2,1H3,(H,14,15). The summed E-state index contributed by atoms with van der Waals surface area (Å²) < 4.78 is 0. The molecule has 0 spiro atoms. The summed E-state index contributed by atoms with van der Waals surface area (Å²) in [6.45, 7) is 1.48. The zero-order valence-corrected chi connectivity index (χ0v) is 8.11. The largest absolute Gasteiger partial charge is 0.479 e. The van der Waals surface area contributed by atoms with Gasteiger partial charge in [-0.15, -0.1) is 0 Å². The van der Waals surface area contributed by atoms with E-state index < -0.39 is 23.1 Å². The summed E-state index contributed by atoms with van der Waals surface area (Å²) in [5.41, 5.74) is -0.180. The Morgan fingerprint density at radius 2 is 2.20 bits per heavy atom. The first-order chi connectivity index (χ1) is 6.92. The molecule has 1 atom stereocenters. The molecule has 0 saturated carbocycles. The third kappa shape index (κ3) is 1.40. The molecule has 2 rings (SSSR count). The molecule has 1 aliphatic carbocycles. The molecule has 0 bridgehead atoms. The van der Waals surface area contributed by atoms with Crippen LogP contribution in [0.2, 0.25) is 0 Å². The molecule has 0 aromatic heterocycles. The van der Waals surface area contributed by atoms with E-state index in [0.29, 0.717) is 11.3 Å². The Morgan fingerprint density at radius 3 is 2.80 bits per heavy atom. The third-order valence-electron chi connectivity index (χ3n) is 2.66. The summed E-state index contributed by atoms with van der Waals surface area (Å²) in [7, 11) is 0. The van der Waals surface area contributed by atoms with Crippen molar-refractivity contribution in [2.75, 3.05) is 0 Å². The number of allylic oxidation sites excluding steroid dienone is 1. The van der Waals surface area contributed by atoms with Gasteiger partial charge in [-0.25, -0.2) is 4.79 Å². The van der Waals surface area contributed by atoms with Crippen LogP contribution in [0.1, 0.15) is 19.8 Å². The number of carbonyl (C=O) groups excluding carboxylic acids is 2. The second-order valence-electron chi connectivity index (χ2n) is 3.95. The Balaban J connectivity index is 2.42. The van der Waals surface area contributed by atoms with Crippen LogP contribution in [0.4, 0.5) is 0 Å². The van der Waals surface area contributed by atoms with Gasteiger partial charge in [-0.2, -0.15) is 0 Å². The van der Waals surface area contributed by atoms with Crippen molar-refractivity contribution in [3.05, 3.63) is 11.6 Å². The summed E-state index contributed by atoms with van der Waals surface area (Å²) in [4.78, 5) is 37.1. The van der Waals surface area contributed by atoms with E-state index in [9.17, 15) is 14.4 Å². The molecule has 0 aromatic rings. The molecule has 0 saturated heterocycles. The van der Waals surface area contributed by atoms with E-state index >= 15 is 0 Å². The molecule has 0 aromatic carbocycles. The normalized spacial score (nSPS) is 29.7. The van der Waals surface area contributed by atoms with Crippen molar-refractivity contribution in [1.82, 2.24) is 0 Å². The van der Waals surface area contributed by atoms with Crippen LogP contribution in [0.25, 0.3) is 0 Å². The van der Waals surface area contributed by atoms with E-state index in [0.717, 1.165) is 0 Å². The van der Waals surface area contributed by atoms with Crippen molar-refractivity contribution in [2.24, 2.45) is 4.99 Å². The van der Waals surface area contributed by atoms with Crippen molar-refractivity contribution in [2.45, 2.75) is 25.3 Å². The highest BCUT2D eigenvalue weighted by atomic mass is 16.4. The number of hydrogen-bond acceptors (Lipinski definition) is 4. The van der Waals surface area contributed by atoms with Crippen LogP contribution in [-0.2, 0) is 14.4 Å². The monoisotopic (exact) mass is 207 g/mol. The van der Waals surface area contributed by atoms with E-state index in [2.05, 4.69) is 4.99 Å². The molecule has 1 N–H and O–H groups in total. The summed E-state index contributed by atoms with van der Waals surface area (Å²) >= 11 is 0. The highest BCUT2D eigenvalue weighted by Crippen LogP contribution is 2.32. The fourth-order valence-electron chi connectivity index (χ4n) is 1.77. The number of aliphatic imine (C=N–C) groups is 1. The number of carboxylic acid groups (broad SMARTS) is 1. The number of ketones is 2. The minimum atomic E-state index is -1.22. The second-order valence-corrected chi connectivity index (χ2v) is 3.95. The fourth-order valence-corrected chi connectivity index (χ4v) is 1.77. The Labute approximate surface area is 85.5 Å². The summed E-state index contributed by atoms with van der Waals surface area (Å²) in [5, 5.41) is 8.95. The van der Waals surface area contributed by atoms with Gasteiger partial charge in [0, 0.05) is 12.1 Å². The van der Waals surface area contributed by atoms with E-state index in [4.69, 9.17) is 5.11 Å². The lowest BCUT2D eigenvalue weighted by molar-refractivity contribution is -0.142. The summed E-state index contributed by atoms with van der Waals surface area (Å²) in [5.74, 6) is -2.11. The maximum absolute atomic E-state index is 11.1. The van der Waals surface area contributed by atoms with Gasteiger partial charge in [0.05, 0.1) is 6.42 Å². The lowest BCUT2D eigenvalue weighted by Crippen LogP contribution is -2.30. The number of rotatable bonds is 1. The Kier molecular flexibility index (Phi) is 1.86. The van der Waals surface area contributed by atoms with Crippen LogP contribution in [0.3, 0.4) is 0 Å². The highest BCUT2D eigenvalue weighted by molar-refractivity contribution is 6.48. The number of nitrogens with zero attached hydrogens (tertiary/aromatic N) is 1. The van der Waals surface area contributed by atoms with Crippen molar-refractivity contribution < 1.29 is 19.5 Å². The number of carbonyl (C=O) groups is 3. The number of carboxylic acids is 1. The van der Waals surface area contributed by atoms with Gasteiger partial charge in [-0.05, 0) is 18.6 Å². The number of Topliss-reactive ketones (excluding diaryl/α,β-unsaturated/α-hetero) is 1. The zero-order chi connectivity index (χ0) is 11.2. The number of hydrogen-bond donors (Lipinski definition) is 1. The van der Waals surface area contributed by atoms with Crippen LogP contribution < -0.4 is 0 Å². The van der Waals surface area contributed by atoms with Gasteiger partial charge in [0.25, 0.3) is 0 Å². The maximum atomic E-state index is 11.1. The quantitative estimate of drug-likeness (QED) is 0.620. The first-order valence-electron chi connectivity index (χ1n) is 4.52. The average Bonchev–Trinajstić information content (AvgIpc) is 2.43. The van der Waals surface area contributed by atoms with Crippen LogP contribution in [-0.4, -0.2) is 33.9 Å². The molecule has 0 radical (unpaired) electrons. The minimum absolute atomic E-state index is 0.0620. The molecule has 5 nitrogen and oxygen atoms in total. The van der Waals surface area contributed by atoms with Crippen LogP contribution in [0.5, 0.6) is 0 Å². The Morgan fingerprint density at radius 1 is 1.53 bits per heavy atom. The van der Waals surface area contributed by atoms with E-state index in [-0.39, 0.29) is 12.8 Å². The fraction of sp³-hybridized carbons (Fsp3) is 0.400. The average molecular weight is 207 g/mol. The Bertz CT molecular complexity index is 446. The number of fused-ring (bicyclic) bond motifs is 1. The van der Waals surface area contributed by atoms with Gasteiger partial charge in [-0.3, -0.25) is 14.6 Å². The van der Waals surface area contributed by atoms with Gasteiger partial charge < -0.3 is 5.11 Å². The van der Waals surface area contributed by atoms with Gasteiger partial charge in [0.1, 0.15) is 0 Å². The number of aliphatic carboxylic acids is 1. The van der Waals surface area contributed by atoms with Gasteiger partial charge in [0.15, 0.2) is 5.54 Å². The first-order valence-corrected chi connectivity index (χ1v) is 4.52. The Hall–Kier alpha value is -1.78. The highest BCUT2D eigenvalue weighted by Gasteiger charge is 2.42. The minimum Gasteiger partial charge on any atom is -0.479 e. The predicted molar refractivity (Wildman–Crippen MR) is 50.8 cm³/mol. The molecular formula is C10H9NO4. The van der Waals surface area contributed by atoms with Crippen LogP contribution in [0, 0.1) is 0 Å². The smallest absolute Gasteiger partial charge is 0.331 e. The molecule has 15 heavy (non-hydrogen) atoms. The SMILES string of the molecule is CC1(C(=O)O)CC2=CC(=O)C(=O)CC2=N1. The van der Waals surface area contributed by atoms with Crippen molar-refractivity contribution in [1.29, 1.82) is 0 Å². The molecule has 1 aliphatic heterocycles. The molecule has 2 aliphatic rings. The van der Waals surface area contributed by atoms with Gasteiger partial charge in [-0.1, -0.05) is 0 Å². The van der Waals surface area contributed by atoms with E-state index in [1.165, 1.54) is 13.0 Å².